The predicted octanol–water partition coefficient (Wildman–Crippen LogP) is 2.10. The monoisotopic (exact) mass is 147 g/mol. The second kappa shape index (κ2) is 3.35. The van der Waals surface area contributed by atoms with Gasteiger partial charge in [0.05, 0.1) is 0 Å². The summed E-state index contributed by atoms with van der Waals surface area (Å²) in [6.45, 7) is 6.37. The number of aryl methyl sites for hydroxylation is 1. The van der Waals surface area contributed by atoms with Crippen LogP contribution in [0.15, 0.2) is 24.8 Å². The van der Waals surface area contributed by atoms with Gasteiger partial charge in [-0.15, -0.1) is 0 Å². The number of rotatable bonds is 2. The summed E-state index contributed by atoms with van der Waals surface area (Å²) >= 11 is 0. The van der Waals surface area contributed by atoms with Crippen LogP contribution in [0.3, 0.4) is 0 Å². The van der Waals surface area contributed by atoms with E-state index in [4.69, 9.17) is 5.73 Å². The number of benzene rings is 1. The molecule has 0 amide bonds. The van der Waals surface area contributed by atoms with E-state index in [2.05, 4.69) is 31.7 Å². The fraction of sp³-hybridized carbons (Fsp3) is 0.200. The molecular formula is C10H13N. The molecule has 0 spiro atoms. The quantitative estimate of drug-likeness (QED) is 0.681. The number of hydrogen-bond acceptors (Lipinski definition) is 1. The highest BCUT2D eigenvalue weighted by molar-refractivity contribution is 5.49. The zero-order valence-corrected chi connectivity index (χ0v) is 6.80. The van der Waals surface area contributed by atoms with Crippen LogP contribution in [0.4, 0.5) is 0 Å². The molecule has 0 fully saturated rings. The van der Waals surface area contributed by atoms with E-state index < -0.39 is 0 Å². The minimum Gasteiger partial charge on any atom is -0.326 e. The summed E-state index contributed by atoms with van der Waals surface area (Å²) in [7, 11) is 0. The number of nitrogens with two attached hydrogens (primary N) is 1. The van der Waals surface area contributed by atoms with Crippen LogP contribution in [0.25, 0.3) is 6.08 Å². The zero-order valence-electron chi connectivity index (χ0n) is 6.80. The molecule has 0 saturated carbocycles. The van der Waals surface area contributed by atoms with Gasteiger partial charge in [0.2, 0.25) is 0 Å². The minimum absolute atomic E-state index is 0.600. The van der Waals surface area contributed by atoms with E-state index in [-0.39, 0.29) is 0 Å². The average molecular weight is 147 g/mol. The summed E-state index contributed by atoms with van der Waals surface area (Å²) in [6.07, 6.45) is 1.84. The maximum absolute atomic E-state index is 5.51. The molecule has 0 saturated heterocycles. The molecule has 58 valence electrons. The van der Waals surface area contributed by atoms with E-state index in [0.29, 0.717) is 6.54 Å². The van der Waals surface area contributed by atoms with Gasteiger partial charge in [-0.25, -0.2) is 0 Å². The van der Waals surface area contributed by atoms with Crippen molar-refractivity contribution in [2.45, 2.75) is 13.5 Å². The maximum atomic E-state index is 5.51. The largest absolute Gasteiger partial charge is 0.326 e. The van der Waals surface area contributed by atoms with Gasteiger partial charge in [-0.3, -0.25) is 0 Å². The van der Waals surface area contributed by atoms with Crippen molar-refractivity contribution in [1.82, 2.24) is 0 Å². The second-order valence-corrected chi connectivity index (χ2v) is 2.66. The van der Waals surface area contributed by atoms with Crippen LogP contribution in [0.2, 0.25) is 0 Å². The van der Waals surface area contributed by atoms with Crippen LogP contribution in [0.1, 0.15) is 16.7 Å². The average Bonchev–Trinajstić information content (AvgIpc) is 2.03. The van der Waals surface area contributed by atoms with Crippen molar-refractivity contribution in [3.8, 4) is 0 Å². The lowest BCUT2D eigenvalue weighted by Gasteiger charge is -2.01. The molecular weight excluding hydrogens is 134 g/mol. The Morgan fingerprint density at radius 1 is 1.45 bits per heavy atom. The van der Waals surface area contributed by atoms with Crippen LogP contribution >= 0.6 is 0 Å². The van der Waals surface area contributed by atoms with E-state index in [1.54, 1.807) is 0 Å². The molecule has 0 unspecified atom stereocenters. The maximum Gasteiger partial charge on any atom is 0.0178 e. The first kappa shape index (κ1) is 8.02. The van der Waals surface area contributed by atoms with Crippen LogP contribution in [-0.2, 0) is 6.54 Å². The van der Waals surface area contributed by atoms with Gasteiger partial charge in [0.1, 0.15) is 0 Å². The van der Waals surface area contributed by atoms with Crippen molar-refractivity contribution in [2.75, 3.05) is 0 Å². The smallest absolute Gasteiger partial charge is 0.0178 e. The Kier molecular flexibility index (Phi) is 2.44. The molecule has 0 aromatic heterocycles. The standard InChI is InChI=1S/C10H13N/c1-3-9-4-8(2)5-10(6-9)7-11/h3-6H,1,7,11H2,2H3. The molecule has 0 aliphatic carbocycles. The summed E-state index contributed by atoms with van der Waals surface area (Å²) in [5.74, 6) is 0. The highest BCUT2D eigenvalue weighted by atomic mass is 14.5. The Balaban J connectivity index is 3.11. The molecule has 0 bridgehead atoms. The predicted molar refractivity (Wildman–Crippen MR) is 49.2 cm³/mol. The summed E-state index contributed by atoms with van der Waals surface area (Å²) in [5.41, 5.74) is 9.06. The number of hydrogen-bond donors (Lipinski definition) is 1. The third-order valence-electron chi connectivity index (χ3n) is 1.63. The molecule has 0 heterocycles. The molecule has 0 radical (unpaired) electrons. The molecule has 0 atom stereocenters. The molecule has 1 aromatic carbocycles. The van der Waals surface area contributed by atoms with Gasteiger partial charge in [-0.2, -0.15) is 0 Å². The van der Waals surface area contributed by atoms with Crippen molar-refractivity contribution in [2.24, 2.45) is 5.73 Å². The van der Waals surface area contributed by atoms with Crippen molar-refractivity contribution in [3.05, 3.63) is 41.5 Å². The van der Waals surface area contributed by atoms with Gasteiger partial charge in [-0.1, -0.05) is 36.4 Å². The summed E-state index contributed by atoms with van der Waals surface area (Å²) < 4.78 is 0. The Bertz CT molecular complexity index is 264. The first-order chi connectivity index (χ1) is 5.26. The summed E-state index contributed by atoms with van der Waals surface area (Å²) in [4.78, 5) is 0. The van der Waals surface area contributed by atoms with Gasteiger partial charge in [0, 0.05) is 6.54 Å². The Labute approximate surface area is 67.5 Å². The molecule has 1 rings (SSSR count). The van der Waals surface area contributed by atoms with Crippen LogP contribution in [0, 0.1) is 6.92 Å². The molecule has 0 aliphatic rings. The van der Waals surface area contributed by atoms with E-state index in [1.165, 1.54) is 11.1 Å². The van der Waals surface area contributed by atoms with E-state index >= 15 is 0 Å². The van der Waals surface area contributed by atoms with Crippen LogP contribution in [-0.4, -0.2) is 0 Å². The van der Waals surface area contributed by atoms with Gasteiger partial charge in [-0.05, 0) is 18.1 Å². The molecule has 1 aromatic rings. The first-order valence-corrected chi connectivity index (χ1v) is 3.69. The van der Waals surface area contributed by atoms with Crippen molar-refractivity contribution < 1.29 is 0 Å². The topological polar surface area (TPSA) is 26.0 Å². The van der Waals surface area contributed by atoms with Crippen LogP contribution in [0.5, 0.6) is 0 Å². The summed E-state index contributed by atoms with van der Waals surface area (Å²) in [6, 6.07) is 6.24. The normalized spacial score (nSPS) is 9.64. The lowest BCUT2D eigenvalue weighted by molar-refractivity contribution is 1.06. The minimum atomic E-state index is 0.600. The van der Waals surface area contributed by atoms with Gasteiger partial charge in [0.15, 0.2) is 0 Å². The second-order valence-electron chi connectivity index (χ2n) is 2.66. The van der Waals surface area contributed by atoms with Crippen molar-refractivity contribution >= 4 is 6.08 Å². The molecule has 1 heteroatoms. The van der Waals surface area contributed by atoms with Crippen molar-refractivity contribution in [3.63, 3.8) is 0 Å². The highest BCUT2D eigenvalue weighted by Crippen LogP contribution is 2.09. The molecule has 0 aliphatic heterocycles. The van der Waals surface area contributed by atoms with E-state index in [9.17, 15) is 0 Å². The van der Waals surface area contributed by atoms with Crippen molar-refractivity contribution in [1.29, 1.82) is 0 Å². The lowest BCUT2D eigenvalue weighted by atomic mass is 10.1. The fourth-order valence-corrected chi connectivity index (χ4v) is 1.13. The Morgan fingerprint density at radius 3 is 2.73 bits per heavy atom. The molecule has 2 N–H and O–H groups in total. The molecule has 1 nitrogen and oxygen atoms in total. The molecule has 11 heavy (non-hydrogen) atoms. The third-order valence-corrected chi connectivity index (χ3v) is 1.63. The first-order valence-electron chi connectivity index (χ1n) is 3.69. The summed E-state index contributed by atoms with van der Waals surface area (Å²) in [5, 5.41) is 0. The fourth-order valence-electron chi connectivity index (χ4n) is 1.13. The van der Waals surface area contributed by atoms with Gasteiger partial charge in [0.25, 0.3) is 0 Å². The van der Waals surface area contributed by atoms with E-state index in [0.717, 1.165) is 5.56 Å². The van der Waals surface area contributed by atoms with Gasteiger partial charge >= 0.3 is 0 Å². The van der Waals surface area contributed by atoms with Gasteiger partial charge < -0.3 is 5.73 Å². The SMILES string of the molecule is C=Cc1cc(C)cc(CN)c1. The lowest BCUT2D eigenvalue weighted by Crippen LogP contribution is -1.96. The third kappa shape index (κ3) is 1.92. The zero-order chi connectivity index (χ0) is 8.27. The van der Waals surface area contributed by atoms with Crippen LogP contribution < -0.4 is 5.73 Å². The highest BCUT2D eigenvalue weighted by Gasteiger charge is 1.92. The van der Waals surface area contributed by atoms with E-state index in [1.807, 2.05) is 6.08 Å². The Hall–Kier alpha value is -1.08. The Morgan fingerprint density at radius 2 is 2.18 bits per heavy atom.